The topological polar surface area (TPSA) is 82.1 Å². The highest BCUT2D eigenvalue weighted by Gasteiger charge is 2.36. The molecule has 0 fully saturated rings. The summed E-state index contributed by atoms with van der Waals surface area (Å²) in [4.78, 5) is 37.8. The van der Waals surface area contributed by atoms with Gasteiger partial charge in [0.25, 0.3) is 0 Å². The summed E-state index contributed by atoms with van der Waals surface area (Å²) in [7, 11) is 0. The summed E-state index contributed by atoms with van der Waals surface area (Å²) < 4.78 is 16.0. The first-order valence-corrected chi connectivity index (χ1v) is 17.5. The summed E-state index contributed by atoms with van der Waals surface area (Å²) in [5.74, 6) is -1.15. The van der Waals surface area contributed by atoms with Gasteiger partial charge in [-0.05, 0) is 96.1 Å². The Labute approximate surface area is 307 Å². The first kappa shape index (κ1) is 37.6. The van der Waals surface area contributed by atoms with E-state index in [0.29, 0.717) is 42.6 Å². The van der Waals surface area contributed by atoms with Crippen LogP contribution in [0.4, 0.5) is 17.1 Å². The molecule has 7 nitrogen and oxygen atoms in total. The van der Waals surface area contributed by atoms with Gasteiger partial charge in [-0.3, -0.25) is 0 Å². The van der Waals surface area contributed by atoms with E-state index in [2.05, 4.69) is 123 Å². The fourth-order valence-electron chi connectivity index (χ4n) is 6.29. The van der Waals surface area contributed by atoms with Crippen LogP contribution in [-0.4, -0.2) is 37.7 Å². The summed E-state index contributed by atoms with van der Waals surface area (Å²) in [6, 6.07) is 29.7. The Morgan fingerprint density at radius 2 is 0.865 bits per heavy atom. The highest BCUT2D eigenvalue weighted by Crippen LogP contribution is 2.51. The average molecular weight is 698 g/mol. The Balaban J connectivity index is 1.43. The molecule has 0 radical (unpaired) electrons. The van der Waals surface area contributed by atoms with Gasteiger partial charge in [-0.2, -0.15) is 0 Å². The first-order valence-electron chi connectivity index (χ1n) is 17.5. The SMILES string of the molecule is C=C(C)C(=O)OCCc1ccc(N(c2ccc(CCOC(=O)C(=C)C)cc2)c2ccc3c(c2)C(C)(C)c2cc(CCOC(=O)C(=C)C)ccc2-3)cc1. The normalized spacial score (nSPS) is 12.2. The van der Waals surface area contributed by atoms with Gasteiger partial charge in [-0.25, -0.2) is 14.4 Å². The van der Waals surface area contributed by atoms with Gasteiger partial charge in [-0.1, -0.05) is 82.1 Å². The Kier molecular flexibility index (Phi) is 11.6. The summed E-state index contributed by atoms with van der Waals surface area (Å²) in [5, 5.41) is 0. The van der Waals surface area contributed by atoms with Gasteiger partial charge in [-0.15, -0.1) is 0 Å². The number of benzene rings is 4. The average Bonchev–Trinajstić information content (AvgIpc) is 3.34. The van der Waals surface area contributed by atoms with Crippen LogP contribution in [0.3, 0.4) is 0 Å². The minimum absolute atomic E-state index is 0.271. The number of rotatable bonds is 15. The number of hydrogen-bond acceptors (Lipinski definition) is 7. The predicted molar refractivity (Wildman–Crippen MR) is 207 cm³/mol. The molecule has 0 saturated carbocycles. The zero-order valence-electron chi connectivity index (χ0n) is 30.8. The summed E-state index contributed by atoms with van der Waals surface area (Å²) in [6.07, 6.45) is 1.80. The van der Waals surface area contributed by atoms with Crippen LogP contribution in [0, 0.1) is 0 Å². The van der Waals surface area contributed by atoms with E-state index in [-0.39, 0.29) is 36.5 Å². The van der Waals surface area contributed by atoms with E-state index in [9.17, 15) is 14.4 Å². The highest BCUT2D eigenvalue weighted by atomic mass is 16.5. The van der Waals surface area contributed by atoms with Gasteiger partial charge in [0.2, 0.25) is 0 Å². The largest absolute Gasteiger partial charge is 0.462 e. The van der Waals surface area contributed by atoms with E-state index < -0.39 is 0 Å². The maximum atomic E-state index is 11.9. The third-order valence-electron chi connectivity index (χ3n) is 9.29. The van der Waals surface area contributed by atoms with Gasteiger partial charge in [0.15, 0.2) is 0 Å². The lowest BCUT2D eigenvalue weighted by Crippen LogP contribution is -2.17. The van der Waals surface area contributed by atoms with Gasteiger partial charge in [0, 0.05) is 58.5 Å². The molecule has 0 atom stereocenters. The van der Waals surface area contributed by atoms with Crippen LogP contribution in [0.5, 0.6) is 0 Å². The molecule has 0 spiro atoms. The number of nitrogens with zero attached hydrogens (tertiary/aromatic N) is 1. The van der Waals surface area contributed by atoms with E-state index in [0.717, 1.165) is 33.8 Å². The van der Waals surface area contributed by atoms with Crippen molar-refractivity contribution in [3.05, 3.63) is 149 Å². The lowest BCUT2D eigenvalue weighted by Gasteiger charge is -2.28. The van der Waals surface area contributed by atoms with Gasteiger partial charge < -0.3 is 19.1 Å². The molecule has 0 amide bonds. The summed E-state index contributed by atoms with van der Waals surface area (Å²) in [5.41, 5.74) is 11.9. The zero-order valence-corrected chi connectivity index (χ0v) is 30.8. The maximum Gasteiger partial charge on any atom is 0.333 e. The summed E-state index contributed by atoms with van der Waals surface area (Å²) in [6.45, 7) is 21.2. The van der Waals surface area contributed by atoms with Crippen molar-refractivity contribution in [2.24, 2.45) is 0 Å². The van der Waals surface area contributed by atoms with Crippen LogP contribution in [0.2, 0.25) is 0 Å². The predicted octanol–water partition coefficient (Wildman–Crippen LogP) is 9.45. The molecule has 0 bridgehead atoms. The molecule has 1 aliphatic rings. The fraction of sp³-hybridized carbons (Fsp3) is 0.267. The van der Waals surface area contributed by atoms with Gasteiger partial charge in [0.05, 0.1) is 19.8 Å². The first-order chi connectivity index (χ1) is 24.8. The molecule has 1 aliphatic carbocycles. The van der Waals surface area contributed by atoms with Crippen LogP contribution in [-0.2, 0) is 53.3 Å². The molecule has 0 aliphatic heterocycles. The second kappa shape index (κ2) is 16.1. The van der Waals surface area contributed by atoms with Crippen LogP contribution in [0.15, 0.2) is 121 Å². The molecule has 0 aromatic heterocycles. The Morgan fingerprint density at radius 1 is 0.519 bits per heavy atom. The third-order valence-corrected chi connectivity index (χ3v) is 9.29. The van der Waals surface area contributed by atoms with Gasteiger partial charge in [0.1, 0.15) is 0 Å². The molecule has 0 heterocycles. The number of ether oxygens (including phenoxy) is 3. The number of carbonyl (C=O) groups excluding carboxylic acids is 3. The minimum atomic E-state index is -0.387. The minimum Gasteiger partial charge on any atom is -0.462 e. The number of carbonyl (C=O) groups is 3. The van der Waals surface area contributed by atoms with E-state index in [1.807, 2.05) is 0 Å². The Morgan fingerprint density at radius 3 is 1.29 bits per heavy atom. The monoisotopic (exact) mass is 697 g/mol. The van der Waals surface area contributed by atoms with Crippen molar-refractivity contribution in [1.29, 1.82) is 0 Å². The van der Waals surface area contributed by atoms with Crippen molar-refractivity contribution < 1.29 is 28.6 Å². The maximum absolute atomic E-state index is 11.9. The summed E-state index contributed by atoms with van der Waals surface area (Å²) >= 11 is 0. The number of anilines is 3. The van der Waals surface area contributed by atoms with Gasteiger partial charge >= 0.3 is 17.9 Å². The molecule has 4 aromatic rings. The smallest absolute Gasteiger partial charge is 0.333 e. The van der Waals surface area contributed by atoms with E-state index in [4.69, 9.17) is 14.2 Å². The quantitative estimate of drug-likeness (QED) is 0.0696. The van der Waals surface area contributed by atoms with Crippen molar-refractivity contribution in [2.75, 3.05) is 24.7 Å². The second-order valence-electron chi connectivity index (χ2n) is 13.9. The molecule has 268 valence electrons. The molecule has 0 N–H and O–H groups in total. The standard InChI is InChI=1S/C45H47NO6/c1-29(2)42(47)50-24-21-32-9-14-35(15-10-32)46(36-16-11-33(12-17-36)22-25-51-43(48)30(3)4)37-18-20-39-38-19-13-34(23-26-52-44(49)31(5)6)27-40(38)45(7,8)41(39)28-37/h9-20,27-28H,1,3,5,21-26H2,2,4,6-8H3. The number of fused-ring (bicyclic) bond motifs is 3. The van der Waals surface area contributed by atoms with Crippen LogP contribution in [0.1, 0.15) is 62.4 Å². The number of hydrogen-bond donors (Lipinski definition) is 0. The van der Waals surface area contributed by atoms with Crippen molar-refractivity contribution in [2.45, 2.75) is 59.3 Å². The Bertz CT molecular complexity index is 1940. The lowest BCUT2D eigenvalue weighted by atomic mass is 9.81. The van der Waals surface area contributed by atoms with E-state index >= 15 is 0 Å². The molecule has 4 aromatic carbocycles. The van der Waals surface area contributed by atoms with Crippen molar-refractivity contribution in [1.82, 2.24) is 0 Å². The zero-order chi connectivity index (χ0) is 37.6. The molecule has 7 heteroatoms. The van der Waals surface area contributed by atoms with Crippen LogP contribution in [0.25, 0.3) is 11.1 Å². The lowest BCUT2D eigenvalue weighted by molar-refractivity contribution is -0.139. The highest BCUT2D eigenvalue weighted by molar-refractivity contribution is 5.88. The van der Waals surface area contributed by atoms with E-state index in [1.165, 1.54) is 22.3 Å². The number of esters is 3. The molecular weight excluding hydrogens is 650 g/mol. The van der Waals surface area contributed by atoms with Crippen LogP contribution >= 0.6 is 0 Å². The van der Waals surface area contributed by atoms with Crippen LogP contribution < -0.4 is 4.90 Å². The molecular formula is C45H47NO6. The molecule has 0 saturated heterocycles. The molecule has 52 heavy (non-hydrogen) atoms. The fourth-order valence-corrected chi connectivity index (χ4v) is 6.29. The molecule has 0 unspecified atom stereocenters. The third kappa shape index (κ3) is 8.60. The van der Waals surface area contributed by atoms with Crippen molar-refractivity contribution >= 4 is 35.0 Å². The Hall–Kier alpha value is -5.69. The van der Waals surface area contributed by atoms with Crippen molar-refractivity contribution in [3.63, 3.8) is 0 Å². The molecule has 5 rings (SSSR count). The second-order valence-corrected chi connectivity index (χ2v) is 13.9. The van der Waals surface area contributed by atoms with E-state index in [1.54, 1.807) is 20.8 Å². The van der Waals surface area contributed by atoms with Crippen molar-refractivity contribution in [3.8, 4) is 11.1 Å².